The Balaban J connectivity index is -0.000000162. The highest BCUT2D eigenvalue weighted by molar-refractivity contribution is 5.88. The maximum absolute atomic E-state index is 10.1. The lowest BCUT2D eigenvalue weighted by atomic mass is 10.3. The normalized spacial score (nSPS) is 9.50. The van der Waals surface area contributed by atoms with Gasteiger partial charge in [-0.25, -0.2) is 0 Å². The molecule has 0 fully saturated rings. The summed E-state index contributed by atoms with van der Waals surface area (Å²) in [6, 6.07) is 0. The zero-order valence-electron chi connectivity index (χ0n) is 10.9. The van der Waals surface area contributed by atoms with Crippen LogP contribution in [-0.4, -0.2) is 17.0 Å². The molecule has 2 heteroatoms. The number of carbonyl (C=O) groups is 1. The summed E-state index contributed by atoms with van der Waals surface area (Å²) in [5, 5.41) is 8.55. The van der Waals surface area contributed by atoms with Gasteiger partial charge < -0.3 is 5.11 Å². The third-order valence-corrected chi connectivity index (χ3v) is 1.56. The van der Waals surface area contributed by atoms with Crippen LogP contribution in [0.15, 0.2) is 38.0 Å². The maximum Gasteiger partial charge on any atom is 0.154 e. The molecule has 0 radical (unpaired) electrons. The minimum atomic E-state index is -0.301. The minimum absolute atomic E-state index is 0.106. The third-order valence-electron chi connectivity index (χ3n) is 1.56. The second-order valence-corrected chi connectivity index (χ2v) is 2.93. The number of hydrogen-bond donors (Lipinski definition) is 1. The molecule has 16 heavy (non-hydrogen) atoms. The molecule has 1 atom stereocenters. The Morgan fingerprint density at radius 1 is 1.25 bits per heavy atom. The fourth-order valence-electron chi connectivity index (χ4n) is 0.311. The Morgan fingerprint density at radius 3 is 1.69 bits per heavy atom. The fourth-order valence-corrected chi connectivity index (χ4v) is 0.311. The van der Waals surface area contributed by atoms with Crippen molar-refractivity contribution >= 4 is 5.78 Å². The highest BCUT2D eigenvalue weighted by atomic mass is 16.3. The molecule has 0 rings (SSSR count). The summed E-state index contributed by atoms with van der Waals surface area (Å²) >= 11 is 0. The Labute approximate surface area is 100 Å². The average Bonchev–Trinajstić information content (AvgIpc) is 2.37. The van der Waals surface area contributed by atoms with Gasteiger partial charge in [-0.2, -0.15) is 0 Å². The van der Waals surface area contributed by atoms with E-state index in [1.165, 1.54) is 12.2 Å². The molecule has 0 saturated heterocycles. The quantitative estimate of drug-likeness (QED) is 0.573. The summed E-state index contributed by atoms with van der Waals surface area (Å²) in [4.78, 5) is 10.1. The first-order chi connectivity index (χ1) is 7.53. The molecule has 0 aliphatic rings. The van der Waals surface area contributed by atoms with Crippen molar-refractivity contribution in [3.05, 3.63) is 38.0 Å². The first-order valence-electron chi connectivity index (χ1n) is 5.60. The lowest BCUT2D eigenvalue weighted by Crippen LogP contribution is -1.95. The lowest BCUT2D eigenvalue weighted by Gasteiger charge is -1.93. The molecule has 0 bridgehead atoms. The maximum atomic E-state index is 10.1. The molecule has 0 heterocycles. The van der Waals surface area contributed by atoms with Gasteiger partial charge >= 0.3 is 0 Å². The number of carbonyl (C=O) groups excluding carboxylic acids is 1. The van der Waals surface area contributed by atoms with Crippen LogP contribution in [0.5, 0.6) is 0 Å². The molecule has 0 aromatic carbocycles. The van der Waals surface area contributed by atoms with Crippen molar-refractivity contribution in [1.82, 2.24) is 0 Å². The van der Waals surface area contributed by atoms with Crippen molar-refractivity contribution < 1.29 is 9.90 Å². The number of ketones is 1. The van der Waals surface area contributed by atoms with E-state index in [-0.39, 0.29) is 11.9 Å². The number of rotatable bonds is 5. The molecule has 0 aromatic rings. The van der Waals surface area contributed by atoms with Gasteiger partial charge in [0.05, 0.1) is 6.10 Å². The number of aliphatic hydroxyl groups excluding tert-OH is 1. The van der Waals surface area contributed by atoms with Gasteiger partial charge in [0.25, 0.3) is 0 Å². The van der Waals surface area contributed by atoms with Crippen LogP contribution in [0.1, 0.15) is 40.0 Å². The average molecular weight is 226 g/mol. The van der Waals surface area contributed by atoms with Gasteiger partial charge in [-0.1, -0.05) is 39.5 Å². The number of allylic oxidation sites excluding steroid dienone is 2. The monoisotopic (exact) mass is 226 g/mol. The van der Waals surface area contributed by atoms with Crippen LogP contribution in [0, 0.1) is 0 Å². The van der Waals surface area contributed by atoms with Gasteiger partial charge in [-0.05, 0) is 18.9 Å². The zero-order valence-corrected chi connectivity index (χ0v) is 10.9. The zero-order chi connectivity index (χ0) is 13.4. The van der Waals surface area contributed by atoms with Crippen molar-refractivity contribution in [2.24, 2.45) is 0 Å². The predicted octanol–water partition coefficient (Wildman–Crippen LogP) is 3.68. The third kappa shape index (κ3) is 29.3. The van der Waals surface area contributed by atoms with E-state index in [9.17, 15) is 4.79 Å². The molecule has 0 aliphatic heterocycles. The fraction of sp³-hybridized carbons (Fsp3) is 0.500. The molecule has 0 aliphatic carbocycles. The molecule has 0 spiro atoms. The first kappa shape index (κ1) is 20.3. The van der Waals surface area contributed by atoms with E-state index in [1.807, 2.05) is 19.9 Å². The molecule has 94 valence electrons. The second-order valence-electron chi connectivity index (χ2n) is 2.93. The molecular weight excluding hydrogens is 200 g/mol. The summed E-state index contributed by atoms with van der Waals surface area (Å²) < 4.78 is 0. The van der Waals surface area contributed by atoms with Crippen molar-refractivity contribution in [3.8, 4) is 0 Å². The van der Waals surface area contributed by atoms with Crippen LogP contribution in [0.2, 0.25) is 0 Å². The van der Waals surface area contributed by atoms with E-state index in [1.54, 1.807) is 0 Å². The van der Waals surface area contributed by atoms with Crippen LogP contribution in [-0.2, 0) is 4.79 Å². The van der Waals surface area contributed by atoms with Crippen LogP contribution in [0.25, 0.3) is 0 Å². The Morgan fingerprint density at radius 2 is 1.69 bits per heavy atom. The van der Waals surface area contributed by atoms with Crippen molar-refractivity contribution in [2.45, 2.75) is 46.1 Å². The van der Waals surface area contributed by atoms with E-state index < -0.39 is 0 Å². The molecular formula is C14H26O2. The summed E-state index contributed by atoms with van der Waals surface area (Å²) in [5.74, 6) is 0.106. The molecule has 0 amide bonds. The van der Waals surface area contributed by atoms with Gasteiger partial charge in [0.2, 0.25) is 0 Å². The van der Waals surface area contributed by atoms with Gasteiger partial charge in [0.15, 0.2) is 5.78 Å². The van der Waals surface area contributed by atoms with Crippen LogP contribution in [0.3, 0.4) is 0 Å². The molecule has 0 aromatic heterocycles. The van der Waals surface area contributed by atoms with Crippen LogP contribution >= 0.6 is 0 Å². The minimum Gasteiger partial charge on any atom is -0.389 e. The summed E-state index contributed by atoms with van der Waals surface area (Å²) in [5.41, 5.74) is 0. The summed E-state index contributed by atoms with van der Waals surface area (Å²) in [6.45, 7) is 15.9. The van der Waals surface area contributed by atoms with E-state index in [2.05, 4.69) is 26.7 Å². The Bertz CT molecular complexity index is 183. The molecule has 1 N–H and O–H groups in total. The second kappa shape index (κ2) is 19.4. The highest BCUT2D eigenvalue weighted by Crippen LogP contribution is 1.86. The summed E-state index contributed by atoms with van der Waals surface area (Å²) in [6.07, 6.45) is 6.86. The molecule has 0 saturated carbocycles. The SMILES string of the molecule is C=CC(=O)CC.C=CC(O)CC.C=CCC. The standard InChI is InChI=1S/C5H10O.C5H8O.C4H8/c2*1-3-5(6)4-2;1-3-4-2/h3,5-6H,1,4H2,2H3;3H,1,4H2,2H3;3H,1,4H2,2H3. The predicted molar refractivity (Wildman–Crippen MR) is 72.5 cm³/mol. The van der Waals surface area contributed by atoms with Gasteiger partial charge in [-0.3, -0.25) is 4.79 Å². The van der Waals surface area contributed by atoms with Crippen molar-refractivity contribution in [3.63, 3.8) is 0 Å². The first-order valence-corrected chi connectivity index (χ1v) is 5.60. The smallest absolute Gasteiger partial charge is 0.154 e. The van der Waals surface area contributed by atoms with Crippen molar-refractivity contribution in [1.29, 1.82) is 0 Å². The largest absolute Gasteiger partial charge is 0.389 e. The number of aliphatic hydroxyl groups is 1. The van der Waals surface area contributed by atoms with Crippen LogP contribution < -0.4 is 0 Å². The topological polar surface area (TPSA) is 37.3 Å². The van der Waals surface area contributed by atoms with Crippen LogP contribution in [0.4, 0.5) is 0 Å². The highest BCUT2D eigenvalue weighted by Gasteiger charge is 1.86. The van der Waals surface area contributed by atoms with E-state index in [0.717, 1.165) is 12.8 Å². The lowest BCUT2D eigenvalue weighted by molar-refractivity contribution is -0.114. The Hall–Kier alpha value is -1.15. The number of hydrogen-bond acceptors (Lipinski definition) is 2. The van der Waals surface area contributed by atoms with E-state index in [0.29, 0.717) is 6.42 Å². The Kier molecular flexibility index (Phi) is 24.6. The summed E-state index contributed by atoms with van der Waals surface area (Å²) in [7, 11) is 0. The van der Waals surface area contributed by atoms with E-state index in [4.69, 9.17) is 5.11 Å². The molecule has 1 unspecified atom stereocenters. The molecule has 2 nitrogen and oxygen atoms in total. The van der Waals surface area contributed by atoms with E-state index >= 15 is 0 Å². The van der Waals surface area contributed by atoms with Gasteiger partial charge in [0.1, 0.15) is 0 Å². The van der Waals surface area contributed by atoms with Gasteiger partial charge in [-0.15, -0.1) is 13.2 Å². The van der Waals surface area contributed by atoms with Crippen molar-refractivity contribution in [2.75, 3.05) is 0 Å². The van der Waals surface area contributed by atoms with Gasteiger partial charge in [0, 0.05) is 6.42 Å².